The fourth-order valence-electron chi connectivity index (χ4n) is 1.33. The van der Waals surface area contributed by atoms with Crippen molar-refractivity contribution in [2.45, 2.75) is 6.54 Å². The van der Waals surface area contributed by atoms with E-state index < -0.39 is 0 Å². The highest BCUT2D eigenvalue weighted by atomic mass is 19.1. The van der Waals surface area contributed by atoms with E-state index in [0.29, 0.717) is 16.5 Å². The van der Waals surface area contributed by atoms with Crippen molar-refractivity contribution in [1.82, 2.24) is 5.48 Å². The van der Waals surface area contributed by atoms with Crippen LogP contribution in [0.4, 0.5) is 4.39 Å². The molecule has 1 heterocycles. The van der Waals surface area contributed by atoms with Gasteiger partial charge in [-0.15, -0.1) is 0 Å². The lowest BCUT2D eigenvalue weighted by Gasteiger charge is -2.00. The van der Waals surface area contributed by atoms with Crippen LogP contribution in [0.5, 0.6) is 0 Å². The molecule has 3 nitrogen and oxygen atoms in total. The number of furan rings is 1. The summed E-state index contributed by atoms with van der Waals surface area (Å²) in [6.07, 6.45) is 1.49. The van der Waals surface area contributed by atoms with Crippen molar-refractivity contribution in [1.29, 1.82) is 0 Å². The van der Waals surface area contributed by atoms with Gasteiger partial charge < -0.3 is 9.62 Å². The first-order chi connectivity index (χ1) is 6.31. The van der Waals surface area contributed by atoms with Gasteiger partial charge in [-0.1, -0.05) is 0 Å². The maximum absolute atomic E-state index is 12.9. The molecular weight excluding hydrogens is 173 g/mol. The standard InChI is InChI=1S/C9H8FNO2/c10-8-3-6-1-2-13-9(6)7(4-8)5-11-12/h1-4,11-12H,5H2. The van der Waals surface area contributed by atoms with Gasteiger partial charge in [0.2, 0.25) is 0 Å². The molecule has 1 aromatic carbocycles. The van der Waals surface area contributed by atoms with Crippen molar-refractivity contribution < 1.29 is 14.0 Å². The highest BCUT2D eigenvalue weighted by Gasteiger charge is 2.06. The predicted octanol–water partition coefficient (Wildman–Crippen LogP) is 2.05. The average Bonchev–Trinajstić information content (AvgIpc) is 2.52. The van der Waals surface area contributed by atoms with Gasteiger partial charge in [-0.2, -0.15) is 0 Å². The van der Waals surface area contributed by atoms with Crippen molar-refractivity contribution >= 4 is 11.0 Å². The van der Waals surface area contributed by atoms with Crippen LogP contribution in [0, 0.1) is 5.82 Å². The van der Waals surface area contributed by atoms with Gasteiger partial charge in [0, 0.05) is 17.5 Å². The van der Waals surface area contributed by atoms with Crippen molar-refractivity contribution in [2.24, 2.45) is 0 Å². The summed E-state index contributed by atoms with van der Waals surface area (Å²) < 4.78 is 18.1. The zero-order valence-corrected chi connectivity index (χ0v) is 6.75. The molecule has 0 unspecified atom stereocenters. The summed E-state index contributed by atoms with van der Waals surface area (Å²) in [5.74, 6) is -0.334. The number of nitrogens with one attached hydrogen (secondary N) is 1. The second kappa shape index (κ2) is 3.16. The minimum absolute atomic E-state index is 0.168. The molecule has 0 aliphatic carbocycles. The molecule has 0 bridgehead atoms. The Morgan fingerprint density at radius 1 is 1.46 bits per heavy atom. The Morgan fingerprint density at radius 2 is 2.31 bits per heavy atom. The van der Waals surface area contributed by atoms with E-state index in [0.717, 1.165) is 0 Å². The van der Waals surface area contributed by atoms with Crippen LogP contribution >= 0.6 is 0 Å². The van der Waals surface area contributed by atoms with E-state index in [1.165, 1.54) is 18.4 Å². The third-order valence-corrected chi connectivity index (χ3v) is 1.86. The van der Waals surface area contributed by atoms with Gasteiger partial charge in [-0.25, -0.2) is 9.87 Å². The number of halogens is 1. The minimum Gasteiger partial charge on any atom is -0.464 e. The van der Waals surface area contributed by atoms with Crippen LogP contribution in [0.25, 0.3) is 11.0 Å². The number of hydrogen-bond donors (Lipinski definition) is 2. The molecule has 2 N–H and O–H groups in total. The first-order valence-corrected chi connectivity index (χ1v) is 3.84. The monoisotopic (exact) mass is 181 g/mol. The summed E-state index contributed by atoms with van der Waals surface area (Å²) in [4.78, 5) is 0. The molecule has 4 heteroatoms. The molecule has 2 aromatic rings. The second-order valence-corrected chi connectivity index (χ2v) is 2.74. The molecule has 0 atom stereocenters. The molecule has 2 rings (SSSR count). The minimum atomic E-state index is -0.334. The smallest absolute Gasteiger partial charge is 0.138 e. The Hall–Kier alpha value is -1.39. The highest BCUT2D eigenvalue weighted by molar-refractivity contribution is 5.80. The van der Waals surface area contributed by atoms with E-state index in [1.54, 1.807) is 6.07 Å². The summed E-state index contributed by atoms with van der Waals surface area (Å²) in [5, 5.41) is 9.19. The van der Waals surface area contributed by atoms with E-state index in [2.05, 4.69) is 0 Å². The van der Waals surface area contributed by atoms with Gasteiger partial charge >= 0.3 is 0 Å². The van der Waals surface area contributed by atoms with Crippen LogP contribution in [0.1, 0.15) is 5.56 Å². The molecule has 13 heavy (non-hydrogen) atoms. The summed E-state index contributed by atoms with van der Waals surface area (Å²) >= 11 is 0. The zero-order valence-electron chi connectivity index (χ0n) is 6.75. The fraction of sp³-hybridized carbons (Fsp3) is 0.111. The van der Waals surface area contributed by atoms with Crippen LogP contribution in [0.2, 0.25) is 0 Å². The fourth-order valence-corrected chi connectivity index (χ4v) is 1.33. The van der Waals surface area contributed by atoms with Gasteiger partial charge in [0.25, 0.3) is 0 Å². The van der Waals surface area contributed by atoms with Gasteiger partial charge in [0.15, 0.2) is 0 Å². The lowest BCUT2D eigenvalue weighted by molar-refractivity contribution is 0.161. The molecule has 0 saturated heterocycles. The maximum atomic E-state index is 12.9. The topological polar surface area (TPSA) is 45.4 Å². The first kappa shape index (κ1) is 8.22. The van der Waals surface area contributed by atoms with Gasteiger partial charge in [0.05, 0.1) is 6.26 Å². The molecule has 0 aliphatic heterocycles. The summed E-state index contributed by atoms with van der Waals surface area (Å²) in [6, 6.07) is 4.40. The largest absolute Gasteiger partial charge is 0.464 e. The second-order valence-electron chi connectivity index (χ2n) is 2.74. The van der Waals surface area contributed by atoms with Gasteiger partial charge in [0.1, 0.15) is 11.4 Å². The van der Waals surface area contributed by atoms with Crippen molar-refractivity contribution in [2.75, 3.05) is 0 Å². The van der Waals surface area contributed by atoms with Gasteiger partial charge in [-0.05, 0) is 18.2 Å². The van der Waals surface area contributed by atoms with Crippen LogP contribution in [0.3, 0.4) is 0 Å². The first-order valence-electron chi connectivity index (χ1n) is 3.84. The average molecular weight is 181 g/mol. The van der Waals surface area contributed by atoms with Crippen LogP contribution < -0.4 is 5.48 Å². The SMILES string of the molecule is ONCc1cc(F)cc2ccoc12. The van der Waals surface area contributed by atoms with Crippen LogP contribution in [0.15, 0.2) is 28.9 Å². The number of rotatable bonds is 2. The Balaban J connectivity index is 2.63. The number of benzene rings is 1. The Labute approximate surface area is 73.7 Å². The summed E-state index contributed by atoms with van der Waals surface area (Å²) in [6.45, 7) is 0.168. The molecule has 1 aromatic heterocycles. The normalized spacial score (nSPS) is 10.9. The highest BCUT2D eigenvalue weighted by Crippen LogP contribution is 2.21. The number of hydrogen-bond acceptors (Lipinski definition) is 3. The Kier molecular flexibility index (Phi) is 2.00. The lowest BCUT2D eigenvalue weighted by Crippen LogP contribution is -2.06. The van der Waals surface area contributed by atoms with Crippen LogP contribution in [-0.4, -0.2) is 5.21 Å². The number of fused-ring (bicyclic) bond motifs is 1. The molecular formula is C9H8FNO2. The van der Waals surface area contributed by atoms with Crippen molar-refractivity contribution in [3.05, 3.63) is 35.8 Å². The van der Waals surface area contributed by atoms with E-state index in [4.69, 9.17) is 9.62 Å². The van der Waals surface area contributed by atoms with E-state index in [9.17, 15) is 4.39 Å². The van der Waals surface area contributed by atoms with E-state index >= 15 is 0 Å². The zero-order chi connectivity index (χ0) is 9.26. The molecule has 0 saturated carbocycles. The van der Waals surface area contributed by atoms with Crippen molar-refractivity contribution in [3.8, 4) is 0 Å². The third-order valence-electron chi connectivity index (χ3n) is 1.86. The lowest BCUT2D eigenvalue weighted by atomic mass is 10.1. The van der Waals surface area contributed by atoms with Crippen molar-refractivity contribution in [3.63, 3.8) is 0 Å². The van der Waals surface area contributed by atoms with E-state index in [1.807, 2.05) is 5.48 Å². The summed E-state index contributed by atoms with van der Waals surface area (Å²) in [7, 11) is 0. The third kappa shape index (κ3) is 1.41. The Bertz CT molecular complexity index is 424. The molecule has 0 radical (unpaired) electrons. The summed E-state index contributed by atoms with van der Waals surface area (Å²) in [5.41, 5.74) is 3.17. The van der Waals surface area contributed by atoms with E-state index in [-0.39, 0.29) is 12.4 Å². The van der Waals surface area contributed by atoms with Gasteiger partial charge in [-0.3, -0.25) is 0 Å². The van der Waals surface area contributed by atoms with Crippen LogP contribution in [-0.2, 0) is 6.54 Å². The predicted molar refractivity (Wildman–Crippen MR) is 44.8 cm³/mol. The quantitative estimate of drug-likeness (QED) is 0.697. The molecule has 0 spiro atoms. The molecule has 0 fully saturated rings. The molecule has 0 amide bonds. The number of hydroxylamine groups is 1. The maximum Gasteiger partial charge on any atom is 0.138 e. The Morgan fingerprint density at radius 3 is 3.08 bits per heavy atom. The molecule has 68 valence electrons. The molecule has 0 aliphatic rings.